The standard InChI is InChI=1S/C19H30N2O5S2/c1-5-27(23,24)11-8-20-19(22)17-6-9-21(10-7-17)28(25,26)18-15(3)12-14(2)13-16(18)4/h12-13,17H,5-11H2,1-4H3,(H,20,22). The molecule has 158 valence electrons. The fraction of sp³-hybridized carbons (Fsp3) is 0.632. The maximum atomic E-state index is 13.1. The second kappa shape index (κ2) is 8.92. The second-order valence-electron chi connectivity index (χ2n) is 7.43. The second-order valence-corrected chi connectivity index (χ2v) is 11.8. The summed E-state index contributed by atoms with van der Waals surface area (Å²) < 4.78 is 50.6. The maximum Gasteiger partial charge on any atom is 0.243 e. The van der Waals surface area contributed by atoms with Crippen LogP contribution in [0, 0.1) is 26.7 Å². The minimum atomic E-state index is -3.61. The molecule has 0 bridgehead atoms. The fourth-order valence-corrected chi connectivity index (χ4v) is 6.26. The molecular formula is C19H30N2O5S2. The minimum Gasteiger partial charge on any atom is -0.355 e. The van der Waals surface area contributed by atoms with Crippen molar-refractivity contribution < 1.29 is 21.6 Å². The third-order valence-corrected chi connectivity index (χ3v) is 9.09. The van der Waals surface area contributed by atoms with Gasteiger partial charge in [-0.25, -0.2) is 16.8 Å². The summed E-state index contributed by atoms with van der Waals surface area (Å²) in [5.41, 5.74) is 2.48. The van der Waals surface area contributed by atoms with E-state index in [4.69, 9.17) is 0 Å². The van der Waals surface area contributed by atoms with Crippen LogP contribution in [0.1, 0.15) is 36.5 Å². The molecule has 1 aromatic rings. The Morgan fingerprint density at radius 2 is 1.61 bits per heavy atom. The van der Waals surface area contributed by atoms with Crippen molar-refractivity contribution in [2.24, 2.45) is 5.92 Å². The Kier molecular flexibility index (Phi) is 7.27. The number of hydrogen-bond donors (Lipinski definition) is 1. The number of carbonyl (C=O) groups is 1. The molecular weight excluding hydrogens is 400 g/mol. The number of benzene rings is 1. The van der Waals surface area contributed by atoms with Crippen LogP contribution < -0.4 is 5.32 Å². The van der Waals surface area contributed by atoms with E-state index in [1.54, 1.807) is 20.8 Å². The van der Waals surface area contributed by atoms with Crippen LogP contribution in [0.2, 0.25) is 0 Å². The Hall–Kier alpha value is -1.45. The third-order valence-electron chi connectivity index (χ3n) is 5.18. The monoisotopic (exact) mass is 430 g/mol. The molecule has 0 aliphatic carbocycles. The highest BCUT2D eigenvalue weighted by molar-refractivity contribution is 7.91. The summed E-state index contributed by atoms with van der Waals surface area (Å²) in [4.78, 5) is 12.6. The summed E-state index contributed by atoms with van der Waals surface area (Å²) in [7, 11) is -6.72. The number of sulfonamides is 1. The molecule has 0 saturated carbocycles. The maximum absolute atomic E-state index is 13.1. The van der Waals surface area contributed by atoms with Crippen LogP contribution in [0.4, 0.5) is 0 Å². The Morgan fingerprint density at radius 3 is 2.11 bits per heavy atom. The van der Waals surface area contributed by atoms with Gasteiger partial charge in [0.05, 0.1) is 10.6 Å². The topological polar surface area (TPSA) is 101 Å². The first-order chi connectivity index (χ1) is 13.0. The summed E-state index contributed by atoms with van der Waals surface area (Å²) in [5.74, 6) is -0.521. The molecule has 1 N–H and O–H groups in total. The molecule has 1 heterocycles. The zero-order valence-electron chi connectivity index (χ0n) is 17.0. The van der Waals surface area contributed by atoms with Gasteiger partial charge in [-0.2, -0.15) is 4.31 Å². The minimum absolute atomic E-state index is 0.0525. The number of aryl methyl sites for hydroxylation is 3. The Bertz CT molecular complexity index is 908. The summed E-state index contributed by atoms with van der Waals surface area (Å²) in [6.07, 6.45) is 0.852. The van der Waals surface area contributed by atoms with Crippen molar-refractivity contribution in [3.8, 4) is 0 Å². The number of hydrogen-bond acceptors (Lipinski definition) is 5. The molecule has 1 aliphatic heterocycles. The fourth-order valence-electron chi connectivity index (χ4n) is 3.68. The average molecular weight is 431 g/mol. The molecule has 0 atom stereocenters. The molecule has 0 radical (unpaired) electrons. The van der Waals surface area contributed by atoms with Crippen LogP contribution in [0.5, 0.6) is 0 Å². The van der Waals surface area contributed by atoms with Gasteiger partial charge in [-0.15, -0.1) is 0 Å². The van der Waals surface area contributed by atoms with Crippen LogP contribution in [0.15, 0.2) is 17.0 Å². The van der Waals surface area contributed by atoms with Crippen LogP contribution in [-0.4, -0.2) is 58.2 Å². The predicted octanol–water partition coefficient (Wildman–Crippen LogP) is 1.56. The SMILES string of the molecule is CCS(=O)(=O)CCNC(=O)C1CCN(S(=O)(=O)c2c(C)cc(C)cc2C)CC1. The lowest BCUT2D eigenvalue weighted by Gasteiger charge is -2.31. The van der Waals surface area contributed by atoms with Crippen molar-refractivity contribution >= 4 is 25.8 Å². The van der Waals surface area contributed by atoms with Gasteiger partial charge in [0.1, 0.15) is 0 Å². The molecule has 7 nitrogen and oxygen atoms in total. The van der Waals surface area contributed by atoms with Gasteiger partial charge in [0.25, 0.3) is 0 Å². The van der Waals surface area contributed by atoms with E-state index < -0.39 is 19.9 Å². The molecule has 9 heteroatoms. The molecule has 0 aromatic heterocycles. The zero-order valence-corrected chi connectivity index (χ0v) is 18.6. The van der Waals surface area contributed by atoms with Gasteiger partial charge in [-0.1, -0.05) is 24.6 Å². The molecule has 2 rings (SSSR count). The summed E-state index contributed by atoms with van der Waals surface area (Å²) >= 11 is 0. The third kappa shape index (κ3) is 5.33. The smallest absolute Gasteiger partial charge is 0.243 e. The molecule has 0 unspecified atom stereocenters. The van der Waals surface area contributed by atoms with Crippen LogP contribution >= 0.6 is 0 Å². The number of carbonyl (C=O) groups excluding carboxylic acids is 1. The summed E-state index contributed by atoms with van der Waals surface area (Å²) in [6, 6.07) is 3.73. The van der Waals surface area contributed by atoms with E-state index in [1.165, 1.54) is 4.31 Å². The van der Waals surface area contributed by atoms with Gasteiger partial charge < -0.3 is 5.32 Å². The molecule has 28 heavy (non-hydrogen) atoms. The van der Waals surface area contributed by atoms with Gasteiger partial charge in [-0.05, 0) is 44.7 Å². The van der Waals surface area contributed by atoms with Crippen molar-refractivity contribution in [1.82, 2.24) is 9.62 Å². The molecule has 1 fully saturated rings. The largest absolute Gasteiger partial charge is 0.355 e. The first-order valence-corrected chi connectivity index (χ1v) is 12.8. The van der Waals surface area contributed by atoms with Crippen LogP contribution in [0.3, 0.4) is 0 Å². The van der Waals surface area contributed by atoms with Crippen molar-refractivity contribution in [3.63, 3.8) is 0 Å². The Balaban J connectivity index is 1.99. The van der Waals surface area contributed by atoms with E-state index in [0.29, 0.717) is 17.7 Å². The lowest BCUT2D eigenvalue weighted by atomic mass is 9.97. The van der Waals surface area contributed by atoms with Crippen LogP contribution in [0.25, 0.3) is 0 Å². The van der Waals surface area contributed by atoms with E-state index >= 15 is 0 Å². The lowest BCUT2D eigenvalue weighted by Crippen LogP contribution is -2.44. The van der Waals surface area contributed by atoms with Crippen LogP contribution in [-0.2, 0) is 24.7 Å². The van der Waals surface area contributed by atoms with E-state index in [0.717, 1.165) is 16.7 Å². The van der Waals surface area contributed by atoms with Gasteiger partial charge in [0.2, 0.25) is 15.9 Å². The molecule has 1 aromatic carbocycles. The summed E-state index contributed by atoms with van der Waals surface area (Å²) in [6.45, 7) is 7.77. The number of rotatable bonds is 7. The molecule has 0 spiro atoms. The highest BCUT2D eigenvalue weighted by Gasteiger charge is 2.33. The van der Waals surface area contributed by atoms with Crippen molar-refractivity contribution in [3.05, 3.63) is 28.8 Å². The highest BCUT2D eigenvalue weighted by atomic mass is 32.2. The first-order valence-electron chi connectivity index (χ1n) is 9.54. The molecule has 1 saturated heterocycles. The van der Waals surface area contributed by atoms with Crippen molar-refractivity contribution in [2.75, 3.05) is 31.1 Å². The van der Waals surface area contributed by atoms with Crippen molar-refractivity contribution in [1.29, 1.82) is 0 Å². The van der Waals surface area contributed by atoms with Gasteiger partial charge >= 0.3 is 0 Å². The van der Waals surface area contributed by atoms with E-state index in [2.05, 4.69) is 5.32 Å². The number of nitrogens with zero attached hydrogens (tertiary/aromatic N) is 1. The normalized spacial score (nSPS) is 16.9. The highest BCUT2D eigenvalue weighted by Crippen LogP contribution is 2.28. The van der Waals surface area contributed by atoms with Gasteiger partial charge in [0.15, 0.2) is 9.84 Å². The predicted molar refractivity (Wildman–Crippen MR) is 109 cm³/mol. The van der Waals surface area contributed by atoms with Gasteiger partial charge in [-0.3, -0.25) is 4.79 Å². The number of piperidine rings is 1. The van der Waals surface area contributed by atoms with Gasteiger partial charge in [0, 0.05) is 31.3 Å². The Morgan fingerprint density at radius 1 is 1.07 bits per heavy atom. The zero-order chi connectivity index (χ0) is 21.1. The quantitative estimate of drug-likeness (QED) is 0.708. The number of amides is 1. The number of sulfone groups is 1. The molecule has 1 amide bonds. The number of nitrogens with one attached hydrogen (secondary N) is 1. The Labute approximate surface area is 168 Å². The first kappa shape index (κ1) is 22.8. The lowest BCUT2D eigenvalue weighted by molar-refractivity contribution is -0.125. The van der Waals surface area contributed by atoms with E-state index in [-0.39, 0.29) is 43.0 Å². The molecule has 1 aliphatic rings. The van der Waals surface area contributed by atoms with E-state index in [9.17, 15) is 21.6 Å². The summed E-state index contributed by atoms with van der Waals surface area (Å²) in [5, 5.41) is 2.67. The van der Waals surface area contributed by atoms with Crippen molar-refractivity contribution in [2.45, 2.75) is 45.4 Å². The average Bonchev–Trinajstić information content (AvgIpc) is 2.60. The van der Waals surface area contributed by atoms with E-state index in [1.807, 2.05) is 19.1 Å².